The fraction of sp³-hybridized carbons (Fsp3) is 0.118. The molecule has 1 heterocycles. The van der Waals surface area contributed by atoms with Gasteiger partial charge < -0.3 is 23.6 Å². The Balaban J connectivity index is 0.00000240. The zero-order valence-corrected chi connectivity index (χ0v) is 21.7. The number of fused-ring (bicyclic) bond motifs is 1. The number of imidazole rings is 1. The van der Waals surface area contributed by atoms with E-state index in [1.807, 2.05) is 0 Å². The summed E-state index contributed by atoms with van der Waals surface area (Å²) < 4.78 is 34.1. The third-order valence-corrected chi connectivity index (χ3v) is 4.27. The Labute approximate surface area is 219 Å². The van der Waals surface area contributed by atoms with E-state index in [9.17, 15) is 28.3 Å². The number of anilines is 1. The van der Waals surface area contributed by atoms with Crippen LogP contribution < -0.4 is 74.2 Å². The van der Waals surface area contributed by atoms with Crippen molar-refractivity contribution in [2.24, 2.45) is 0 Å². The number of phosphoric acid groups is 1. The number of nitrogens with one attached hydrogen (secondary N) is 1. The summed E-state index contributed by atoms with van der Waals surface area (Å²) in [6.07, 6.45) is -0.898. The molecule has 1 N–H and O–H groups in total. The van der Waals surface area contributed by atoms with Gasteiger partial charge in [0.1, 0.15) is 12.5 Å². The van der Waals surface area contributed by atoms with Crippen LogP contribution in [-0.4, -0.2) is 28.5 Å². The first-order valence-electron chi connectivity index (χ1n) is 8.00. The van der Waals surface area contributed by atoms with Crippen LogP contribution >= 0.6 is 7.82 Å². The number of amides is 1. The second-order valence-electron chi connectivity index (χ2n) is 5.73. The van der Waals surface area contributed by atoms with E-state index in [2.05, 4.69) is 19.6 Å². The molecule has 0 bridgehead atoms. The van der Waals surface area contributed by atoms with Crippen LogP contribution in [0.15, 0.2) is 42.5 Å². The van der Waals surface area contributed by atoms with E-state index in [-0.39, 0.29) is 87.2 Å². The number of rotatable bonds is 6. The van der Waals surface area contributed by atoms with Gasteiger partial charge in [0.2, 0.25) is 5.95 Å². The predicted molar refractivity (Wildman–Crippen MR) is 94.3 cm³/mol. The molecule has 0 aliphatic carbocycles. The van der Waals surface area contributed by atoms with Crippen molar-refractivity contribution in [1.82, 2.24) is 9.55 Å². The van der Waals surface area contributed by atoms with Crippen LogP contribution in [-0.2, 0) is 20.6 Å². The maximum absolute atomic E-state index is 13.4. The molecule has 1 amide bonds. The molecule has 3 aromatic rings. The quantitative estimate of drug-likeness (QED) is 0.217. The zero-order chi connectivity index (χ0) is 21.2. The molecule has 1 aromatic heterocycles. The average molecular weight is 467 g/mol. The van der Waals surface area contributed by atoms with Crippen molar-refractivity contribution in [1.29, 1.82) is 0 Å². The Morgan fingerprint density at radius 2 is 1.84 bits per heavy atom. The number of methoxy groups -OCH3 is 1. The van der Waals surface area contributed by atoms with Gasteiger partial charge in [-0.2, -0.15) is 0 Å². The number of carbonyl (C=O) groups is 2. The van der Waals surface area contributed by atoms with E-state index in [0.717, 1.165) is 17.7 Å². The molecule has 2 aromatic carbocycles. The van der Waals surface area contributed by atoms with Gasteiger partial charge >= 0.3 is 65.2 Å². The van der Waals surface area contributed by atoms with Crippen LogP contribution in [0.2, 0.25) is 0 Å². The summed E-state index contributed by atoms with van der Waals surface area (Å²) >= 11 is 0. The van der Waals surface area contributed by atoms with Crippen molar-refractivity contribution < 1.29 is 96.7 Å². The van der Waals surface area contributed by atoms with E-state index >= 15 is 0 Å². The first kappa shape index (κ1) is 27.9. The molecule has 0 fully saturated rings. The van der Waals surface area contributed by atoms with Crippen LogP contribution in [0.25, 0.3) is 11.0 Å². The molecule has 0 aliphatic heterocycles. The third kappa shape index (κ3) is 7.19. The second-order valence-corrected chi connectivity index (χ2v) is 6.88. The van der Waals surface area contributed by atoms with Gasteiger partial charge in [-0.3, -0.25) is 14.7 Å². The summed E-state index contributed by atoms with van der Waals surface area (Å²) in [5.41, 5.74) is 0.694. The van der Waals surface area contributed by atoms with E-state index in [1.54, 1.807) is 0 Å². The number of carbonyl (C=O) groups excluding carboxylic acids is 2. The number of aromatic nitrogens is 2. The third-order valence-electron chi connectivity index (χ3n) is 3.84. The topological polar surface area (TPSA) is 146 Å². The van der Waals surface area contributed by atoms with Crippen molar-refractivity contribution in [2.75, 3.05) is 12.4 Å². The van der Waals surface area contributed by atoms with Crippen molar-refractivity contribution in [3.63, 3.8) is 0 Å². The first-order chi connectivity index (χ1) is 13.7. The van der Waals surface area contributed by atoms with Crippen LogP contribution in [0, 0.1) is 5.82 Å². The molecule has 0 saturated heterocycles. The van der Waals surface area contributed by atoms with Crippen LogP contribution in [0.1, 0.15) is 15.9 Å². The minimum Gasteiger partial charge on any atom is -0.790 e. The maximum Gasteiger partial charge on any atom is 1.00 e. The molecular weight excluding hydrogens is 454 g/mol. The zero-order valence-electron chi connectivity index (χ0n) is 16.8. The number of ketones is 1. The van der Waals surface area contributed by atoms with E-state index in [0.29, 0.717) is 0 Å². The van der Waals surface area contributed by atoms with Gasteiger partial charge in [0.25, 0.3) is 0 Å². The number of hydrogen-bond acceptors (Lipinski definition) is 8. The number of halogens is 1. The molecule has 0 saturated carbocycles. The molecular formula is C17H13FN3Na2O7P. The molecule has 3 rings (SSSR count). The standard InChI is InChI=1S/C17H15FN3O7P.2Na/c1-27-17(23)20-16-19-13-6-5-11(15(22)10-3-2-4-12(18)7-10)8-14(13)21(16)9-28-29(24,25)26;;/h2-8H,9H2,1H3,(H,19,20,23)(H2,24,25,26);;/q;2*+1/p-2. The van der Waals surface area contributed by atoms with Gasteiger partial charge in [-0.05, 0) is 30.3 Å². The van der Waals surface area contributed by atoms with Gasteiger partial charge in [0, 0.05) is 11.1 Å². The number of phosphoric ester groups is 1. The van der Waals surface area contributed by atoms with Gasteiger partial charge in [-0.1, -0.05) is 12.1 Å². The van der Waals surface area contributed by atoms with Crippen molar-refractivity contribution in [3.05, 3.63) is 59.4 Å². The molecule has 0 aliphatic rings. The second kappa shape index (κ2) is 11.7. The molecule has 0 atom stereocenters. The van der Waals surface area contributed by atoms with Crippen molar-refractivity contribution >= 4 is 36.7 Å². The summed E-state index contributed by atoms with van der Waals surface area (Å²) in [6.45, 7) is -0.794. The monoisotopic (exact) mass is 467 g/mol. The molecule has 14 heteroatoms. The maximum atomic E-state index is 13.4. The Bertz CT molecular complexity index is 1150. The van der Waals surface area contributed by atoms with Crippen molar-refractivity contribution in [2.45, 2.75) is 6.73 Å². The minimum absolute atomic E-state index is 0. The van der Waals surface area contributed by atoms with Crippen LogP contribution in [0.4, 0.5) is 15.1 Å². The largest absolute Gasteiger partial charge is 1.00 e. The fourth-order valence-electron chi connectivity index (χ4n) is 2.56. The van der Waals surface area contributed by atoms with Gasteiger partial charge in [-0.25, -0.2) is 14.2 Å². The summed E-state index contributed by atoms with van der Waals surface area (Å²) in [4.78, 5) is 50.0. The molecule has 0 unspecified atom stereocenters. The first-order valence-corrected chi connectivity index (χ1v) is 9.46. The molecule has 0 spiro atoms. The Morgan fingerprint density at radius 1 is 1.16 bits per heavy atom. The van der Waals surface area contributed by atoms with E-state index in [1.165, 1.54) is 36.4 Å². The molecule has 152 valence electrons. The van der Waals surface area contributed by atoms with Crippen LogP contribution in [0.3, 0.4) is 0 Å². The molecule has 0 radical (unpaired) electrons. The van der Waals surface area contributed by atoms with E-state index < -0.39 is 32.2 Å². The Morgan fingerprint density at radius 3 is 2.45 bits per heavy atom. The number of ether oxygens (including phenoxy) is 1. The summed E-state index contributed by atoms with van der Waals surface area (Å²) in [5.74, 6) is -1.25. The summed E-state index contributed by atoms with van der Waals surface area (Å²) in [5, 5.41) is 2.26. The van der Waals surface area contributed by atoms with Crippen LogP contribution in [0.5, 0.6) is 0 Å². The Kier molecular flexibility index (Phi) is 10.5. The number of nitrogens with zero attached hydrogens (tertiary/aromatic N) is 2. The SMILES string of the molecule is COC(=O)Nc1nc2ccc(C(=O)c3cccc(F)c3)cc2n1COP(=O)([O-])[O-].[Na+].[Na+]. The minimum atomic E-state index is -5.33. The Hall–Kier alpha value is -1.11. The van der Waals surface area contributed by atoms with Crippen molar-refractivity contribution in [3.8, 4) is 0 Å². The van der Waals surface area contributed by atoms with E-state index in [4.69, 9.17) is 0 Å². The summed E-state index contributed by atoms with van der Waals surface area (Å²) in [6, 6.07) is 9.31. The molecule has 31 heavy (non-hydrogen) atoms. The van der Waals surface area contributed by atoms with Gasteiger partial charge in [0.15, 0.2) is 5.78 Å². The van der Waals surface area contributed by atoms with Gasteiger partial charge in [-0.15, -0.1) is 0 Å². The number of benzene rings is 2. The smallest absolute Gasteiger partial charge is 0.790 e. The fourth-order valence-corrected chi connectivity index (χ4v) is 2.81. The van der Waals surface area contributed by atoms with Gasteiger partial charge in [0.05, 0.1) is 26.0 Å². The summed E-state index contributed by atoms with van der Waals surface area (Å²) in [7, 11) is -4.22. The molecule has 10 nitrogen and oxygen atoms in total. The predicted octanol–water partition coefficient (Wildman–Crippen LogP) is -4.60. The number of hydrogen-bond donors (Lipinski definition) is 1. The normalized spacial score (nSPS) is 10.7. The average Bonchev–Trinajstić information content (AvgIpc) is 3.01.